The van der Waals surface area contributed by atoms with Gasteiger partial charge in [-0.3, -0.25) is 9.69 Å². The number of phenolic OH excluding ortho intramolecular Hbond substituents is 1. The van der Waals surface area contributed by atoms with Gasteiger partial charge in [0.25, 0.3) is 0 Å². The zero-order valence-corrected chi connectivity index (χ0v) is 17.0. The van der Waals surface area contributed by atoms with Gasteiger partial charge in [-0.1, -0.05) is 42.0 Å². The minimum absolute atomic E-state index is 0. The van der Waals surface area contributed by atoms with Crippen molar-refractivity contribution >= 4 is 30.7 Å². The first-order chi connectivity index (χ1) is 12.0. The first-order valence-electron chi connectivity index (χ1n) is 8.64. The third kappa shape index (κ3) is 6.11. The van der Waals surface area contributed by atoms with Crippen LogP contribution in [-0.2, 0) is 11.3 Å². The van der Waals surface area contributed by atoms with Crippen LogP contribution in [0.3, 0.4) is 0 Å². The van der Waals surface area contributed by atoms with E-state index in [0.717, 1.165) is 36.3 Å². The number of aryl methyl sites for hydroxylation is 1. The standard InChI is InChI=1S/C20H25N3O2.2ClH/c1-15-5-7-17(8-6-15)19(21)20(25)23-11-9-22(10-12-23)14-16-3-2-4-18(24)13-16;;/h2-8,13,19,24H,9-12,14,21H2,1H3;2*1H. The molecule has 3 N–H and O–H groups in total. The highest BCUT2D eigenvalue weighted by atomic mass is 35.5. The van der Waals surface area contributed by atoms with E-state index in [-0.39, 0.29) is 36.5 Å². The molecule has 0 spiro atoms. The first kappa shape index (κ1) is 23.2. The SMILES string of the molecule is Cc1ccc(C(N)C(=O)N2CCN(Cc3cccc(O)c3)CC2)cc1.Cl.Cl. The van der Waals surface area contributed by atoms with Crippen LogP contribution in [-0.4, -0.2) is 47.0 Å². The zero-order valence-electron chi connectivity index (χ0n) is 15.4. The number of benzene rings is 2. The molecule has 0 aliphatic carbocycles. The van der Waals surface area contributed by atoms with Gasteiger partial charge in [0, 0.05) is 32.7 Å². The van der Waals surface area contributed by atoms with Crippen LogP contribution < -0.4 is 5.73 Å². The van der Waals surface area contributed by atoms with Gasteiger partial charge in [0.05, 0.1) is 0 Å². The Morgan fingerprint density at radius 1 is 1.07 bits per heavy atom. The maximum atomic E-state index is 12.6. The van der Waals surface area contributed by atoms with Crippen LogP contribution in [0.15, 0.2) is 48.5 Å². The number of nitrogens with two attached hydrogens (primary N) is 1. The van der Waals surface area contributed by atoms with Crippen molar-refractivity contribution in [2.75, 3.05) is 26.2 Å². The van der Waals surface area contributed by atoms with Crippen LogP contribution in [0.1, 0.15) is 22.7 Å². The molecule has 7 heteroatoms. The monoisotopic (exact) mass is 411 g/mol. The van der Waals surface area contributed by atoms with Crippen molar-refractivity contribution in [2.24, 2.45) is 5.73 Å². The molecule has 2 aromatic rings. The van der Waals surface area contributed by atoms with Crippen LogP contribution >= 0.6 is 24.8 Å². The number of amides is 1. The highest BCUT2D eigenvalue weighted by Gasteiger charge is 2.26. The summed E-state index contributed by atoms with van der Waals surface area (Å²) in [7, 11) is 0. The molecule has 1 saturated heterocycles. The maximum Gasteiger partial charge on any atom is 0.244 e. The Morgan fingerprint density at radius 2 is 1.70 bits per heavy atom. The third-order valence-corrected chi connectivity index (χ3v) is 4.70. The Kier molecular flexibility index (Phi) is 9.06. The van der Waals surface area contributed by atoms with Gasteiger partial charge in [0.1, 0.15) is 11.8 Å². The molecule has 148 valence electrons. The number of hydrogen-bond donors (Lipinski definition) is 2. The number of phenols is 1. The van der Waals surface area contributed by atoms with Crippen molar-refractivity contribution in [3.63, 3.8) is 0 Å². The second-order valence-electron chi connectivity index (χ2n) is 6.66. The summed E-state index contributed by atoms with van der Waals surface area (Å²) in [6, 6.07) is 14.5. The number of nitrogens with zero attached hydrogens (tertiary/aromatic N) is 2. The maximum absolute atomic E-state index is 12.6. The van der Waals surface area contributed by atoms with E-state index in [1.807, 2.05) is 48.2 Å². The number of carbonyl (C=O) groups is 1. The molecule has 0 aromatic heterocycles. The van der Waals surface area contributed by atoms with E-state index in [9.17, 15) is 9.90 Å². The van der Waals surface area contributed by atoms with E-state index in [0.29, 0.717) is 13.1 Å². The predicted molar refractivity (Wildman–Crippen MR) is 113 cm³/mol. The zero-order chi connectivity index (χ0) is 17.8. The van der Waals surface area contributed by atoms with Crippen molar-refractivity contribution in [3.8, 4) is 5.75 Å². The summed E-state index contributed by atoms with van der Waals surface area (Å²) in [5, 5.41) is 9.56. The van der Waals surface area contributed by atoms with E-state index < -0.39 is 6.04 Å². The molecule has 1 aliphatic rings. The summed E-state index contributed by atoms with van der Waals surface area (Å²) in [6.07, 6.45) is 0. The van der Waals surface area contributed by atoms with E-state index in [1.54, 1.807) is 12.1 Å². The van der Waals surface area contributed by atoms with Gasteiger partial charge in [-0.15, -0.1) is 24.8 Å². The lowest BCUT2D eigenvalue weighted by Crippen LogP contribution is -2.50. The van der Waals surface area contributed by atoms with Crippen molar-refractivity contribution in [2.45, 2.75) is 19.5 Å². The topological polar surface area (TPSA) is 69.8 Å². The van der Waals surface area contributed by atoms with Crippen LogP contribution in [0.4, 0.5) is 0 Å². The molecule has 1 amide bonds. The Bertz CT molecular complexity index is 732. The van der Waals surface area contributed by atoms with Crippen molar-refractivity contribution in [1.29, 1.82) is 0 Å². The Balaban J connectivity index is 0.00000182. The lowest BCUT2D eigenvalue weighted by molar-refractivity contribution is -0.134. The number of aromatic hydroxyl groups is 1. The summed E-state index contributed by atoms with van der Waals surface area (Å²) < 4.78 is 0. The molecular formula is C20H27Cl2N3O2. The lowest BCUT2D eigenvalue weighted by Gasteiger charge is -2.36. The molecule has 0 saturated carbocycles. The van der Waals surface area contributed by atoms with Gasteiger partial charge in [0.15, 0.2) is 0 Å². The number of halogens is 2. The molecule has 1 heterocycles. The predicted octanol–water partition coefficient (Wildman–Crippen LogP) is 2.89. The van der Waals surface area contributed by atoms with Gasteiger partial charge in [-0.05, 0) is 30.2 Å². The third-order valence-electron chi connectivity index (χ3n) is 4.70. The summed E-state index contributed by atoms with van der Waals surface area (Å²) in [5.74, 6) is 0.274. The van der Waals surface area contributed by atoms with Crippen molar-refractivity contribution in [1.82, 2.24) is 9.80 Å². The number of carbonyl (C=O) groups excluding carboxylic acids is 1. The summed E-state index contributed by atoms with van der Waals surface area (Å²) in [6.45, 7) is 5.77. The lowest BCUT2D eigenvalue weighted by atomic mass is 10.0. The average Bonchev–Trinajstić information content (AvgIpc) is 2.62. The summed E-state index contributed by atoms with van der Waals surface area (Å²) >= 11 is 0. The minimum atomic E-state index is -0.599. The molecule has 0 bridgehead atoms. The summed E-state index contributed by atoms with van der Waals surface area (Å²) in [4.78, 5) is 16.8. The number of rotatable bonds is 4. The van der Waals surface area contributed by atoms with Gasteiger partial charge in [-0.2, -0.15) is 0 Å². The van der Waals surface area contributed by atoms with E-state index >= 15 is 0 Å². The number of piperazine rings is 1. The fraction of sp³-hybridized carbons (Fsp3) is 0.350. The molecular weight excluding hydrogens is 385 g/mol. The largest absolute Gasteiger partial charge is 0.508 e. The quantitative estimate of drug-likeness (QED) is 0.811. The van der Waals surface area contributed by atoms with E-state index in [2.05, 4.69) is 4.90 Å². The van der Waals surface area contributed by atoms with Gasteiger partial charge in [0.2, 0.25) is 5.91 Å². The van der Waals surface area contributed by atoms with Crippen LogP contribution in [0.25, 0.3) is 0 Å². The van der Waals surface area contributed by atoms with Gasteiger partial charge < -0.3 is 15.7 Å². The molecule has 1 fully saturated rings. The van der Waals surface area contributed by atoms with Gasteiger partial charge in [-0.25, -0.2) is 0 Å². The molecule has 3 rings (SSSR count). The Labute approximate surface area is 173 Å². The highest BCUT2D eigenvalue weighted by Crippen LogP contribution is 2.17. The van der Waals surface area contributed by atoms with Crippen molar-refractivity contribution < 1.29 is 9.90 Å². The Hall–Kier alpha value is -1.79. The Morgan fingerprint density at radius 3 is 2.30 bits per heavy atom. The smallest absolute Gasteiger partial charge is 0.244 e. The average molecular weight is 412 g/mol. The fourth-order valence-corrected chi connectivity index (χ4v) is 3.15. The van der Waals surface area contributed by atoms with Crippen molar-refractivity contribution in [3.05, 3.63) is 65.2 Å². The minimum Gasteiger partial charge on any atom is -0.508 e. The molecule has 5 nitrogen and oxygen atoms in total. The fourth-order valence-electron chi connectivity index (χ4n) is 3.15. The molecule has 1 aliphatic heterocycles. The molecule has 0 radical (unpaired) electrons. The van der Waals surface area contributed by atoms with Crippen LogP contribution in [0, 0.1) is 6.92 Å². The molecule has 2 aromatic carbocycles. The molecule has 1 atom stereocenters. The van der Waals surface area contributed by atoms with Crippen LogP contribution in [0.5, 0.6) is 5.75 Å². The molecule has 1 unspecified atom stereocenters. The second kappa shape index (κ2) is 10.5. The first-order valence-corrected chi connectivity index (χ1v) is 8.64. The normalized spacial score (nSPS) is 15.4. The van der Waals surface area contributed by atoms with E-state index in [4.69, 9.17) is 5.73 Å². The summed E-state index contributed by atoms with van der Waals surface area (Å²) in [5.41, 5.74) is 9.26. The highest BCUT2D eigenvalue weighted by molar-refractivity contribution is 5.85. The molecule has 27 heavy (non-hydrogen) atoms. The second-order valence-corrected chi connectivity index (χ2v) is 6.66. The van der Waals surface area contributed by atoms with E-state index in [1.165, 1.54) is 0 Å². The van der Waals surface area contributed by atoms with Gasteiger partial charge >= 0.3 is 0 Å². The number of hydrogen-bond acceptors (Lipinski definition) is 4. The van der Waals surface area contributed by atoms with Crippen LogP contribution in [0.2, 0.25) is 0 Å².